The number of fused-ring (bicyclic) bond motifs is 1. The molecule has 1 atom stereocenters. The van der Waals surface area contributed by atoms with E-state index >= 15 is 0 Å². The highest BCUT2D eigenvalue weighted by Gasteiger charge is 2.12. The van der Waals surface area contributed by atoms with Crippen molar-refractivity contribution in [3.8, 4) is 0 Å². The van der Waals surface area contributed by atoms with Crippen LogP contribution in [-0.4, -0.2) is 15.7 Å². The maximum absolute atomic E-state index is 9.26. The number of aliphatic hydroxyl groups is 1. The topological polar surface area (TPSA) is 77.2 Å². The van der Waals surface area contributed by atoms with Gasteiger partial charge in [-0.05, 0) is 30.2 Å². The first kappa shape index (κ1) is 11.5. The fourth-order valence-corrected chi connectivity index (χ4v) is 2.01. The van der Waals surface area contributed by atoms with Crippen molar-refractivity contribution in [2.75, 3.05) is 5.73 Å². The highest BCUT2D eigenvalue weighted by atomic mass is 16.3. The zero-order chi connectivity index (χ0) is 12.6. The molecule has 17 heavy (non-hydrogen) atoms. The number of nitrogens with two attached hydrogens (primary N) is 2. The Morgan fingerprint density at radius 1 is 1.53 bits per heavy atom. The number of aromatic nitrogens is 1. The van der Waals surface area contributed by atoms with Crippen LogP contribution >= 0.6 is 0 Å². The first-order valence-corrected chi connectivity index (χ1v) is 5.46. The molecule has 90 valence electrons. The van der Waals surface area contributed by atoms with E-state index in [1.165, 1.54) is 0 Å². The van der Waals surface area contributed by atoms with Gasteiger partial charge in [0.1, 0.15) is 5.76 Å². The predicted octanol–water partition coefficient (Wildman–Crippen LogP) is 1.70. The van der Waals surface area contributed by atoms with Crippen molar-refractivity contribution in [1.29, 1.82) is 0 Å². The van der Waals surface area contributed by atoms with Gasteiger partial charge in [-0.3, -0.25) is 0 Å². The van der Waals surface area contributed by atoms with Crippen LogP contribution in [0, 0.1) is 0 Å². The van der Waals surface area contributed by atoms with E-state index in [2.05, 4.69) is 6.58 Å². The van der Waals surface area contributed by atoms with E-state index in [0.29, 0.717) is 6.42 Å². The second kappa shape index (κ2) is 4.14. The van der Waals surface area contributed by atoms with Crippen molar-refractivity contribution in [2.45, 2.75) is 12.5 Å². The van der Waals surface area contributed by atoms with Crippen LogP contribution in [0.25, 0.3) is 10.9 Å². The van der Waals surface area contributed by atoms with Gasteiger partial charge in [-0.25, -0.2) is 0 Å². The van der Waals surface area contributed by atoms with E-state index in [-0.39, 0.29) is 5.76 Å². The molecule has 2 rings (SSSR count). The molecular formula is C13H17N3O. The quantitative estimate of drug-likeness (QED) is 0.556. The zero-order valence-corrected chi connectivity index (χ0v) is 9.85. The first-order chi connectivity index (χ1) is 7.99. The number of benzene rings is 1. The molecule has 4 heteroatoms. The number of hydrogen-bond donors (Lipinski definition) is 3. The molecule has 0 bridgehead atoms. The Morgan fingerprint density at radius 3 is 2.88 bits per heavy atom. The number of rotatable bonds is 3. The summed E-state index contributed by atoms with van der Waals surface area (Å²) in [5, 5.41) is 10.3. The summed E-state index contributed by atoms with van der Waals surface area (Å²) >= 11 is 0. The summed E-state index contributed by atoms with van der Waals surface area (Å²) in [5.41, 5.74) is 14.5. The van der Waals surface area contributed by atoms with Crippen LogP contribution in [0.4, 0.5) is 5.69 Å². The zero-order valence-electron chi connectivity index (χ0n) is 9.85. The molecule has 0 aliphatic carbocycles. The lowest BCUT2D eigenvalue weighted by Crippen LogP contribution is -2.24. The highest BCUT2D eigenvalue weighted by Crippen LogP contribution is 2.24. The first-order valence-electron chi connectivity index (χ1n) is 5.46. The van der Waals surface area contributed by atoms with Crippen molar-refractivity contribution in [3.05, 3.63) is 42.3 Å². The van der Waals surface area contributed by atoms with Crippen molar-refractivity contribution >= 4 is 16.6 Å². The fraction of sp³-hybridized carbons (Fsp3) is 0.231. The maximum atomic E-state index is 9.26. The molecule has 0 amide bonds. The molecule has 1 heterocycles. The molecule has 1 aromatic carbocycles. The lowest BCUT2D eigenvalue weighted by atomic mass is 10.0. The Morgan fingerprint density at radius 2 is 2.24 bits per heavy atom. The minimum absolute atomic E-state index is 0.00547. The lowest BCUT2D eigenvalue weighted by Gasteiger charge is -2.08. The molecule has 0 fully saturated rings. The van der Waals surface area contributed by atoms with Crippen LogP contribution in [0.5, 0.6) is 0 Å². The van der Waals surface area contributed by atoms with Crippen LogP contribution in [0.2, 0.25) is 0 Å². The van der Waals surface area contributed by atoms with Gasteiger partial charge in [-0.1, -0.05) is 6.58 Å². The molecule has 0 saturated carbocycles. The third-order valence-electron chi connectivity index (χ3n) is 2.96. The standard InChI is InChI=1S/C13H17N3O/c1-8(17)12(15)5-9-7-16(2)13-4-3-10(14)6-11(9)13/h3-4,6-7,12,17H,1,5,14-15H2,2H3. The fourth-order valence-electron chi connectivity index (χ4n) is 2.01. The third kappa shape index (κ3) is 2.12. The smallest absolute Gasteiger partial charge is 0.102 e. The van der Waals surface area contributed by atoms with E-state index in [1.807, 2.05) is 36.0 Å². The molecule has 0 aliphatic rings. The van der Waals surface area contributed by atoms with Gasteiger partial charge in [0, 0.05) is 29.8 Å². The van der Waals surface area contributed by atoms with Crippen LogP contribution < -0.4 is 11.5 Å². The van der Waals surface area contributed by atoms with Gasteiger partial charge >= 0.3 is 0 Å². The summed E-state index contributed by atoms with van der Waals surface area (Å²) in [4.78, 5) is 0. The lowest BCUT2D eigenvalue weighted by molar-refractivity contribution is 0.369. The van der Waals surface area contributed by atoms with Gasteiger partial charge in [-0.2, -0.15) is 0 Å². The Hall–Kier alpha value is -1.94. The van der Waals surface area contributed by atoms with Crippen molar-refractivity contribution in [3.63, 3.8) is 0 Å². The van der Waals surface area contributed by atoms with Gasteiger partial charge < -0.3 is 21.1 Å². The Labute approximate surface area is 100 Å². The summed E-state index contributed by atoms with van der Waals surface area (Å²) in [5.74, 6) is 0.00547. The normalized spacial score (nSPS) is 12.8. The summed E-state index contributed by atoms with van der Waals surface area (Å²) < 4.78 is 2.02. The van der Waals surface area contributed by atoms with E-state index in [0.717, 1.165) is 22.2 Å². The second-order valence-corrected chi connectivity index (χ2v) is 4.34. The van der Waals surface area contributed by atoms with Crippen molar-refractivity contribution < 1.29 is 5.11 Å². The highest BCUT2D eigenvalue weighted by molar-refractivity contribution is 5.86. The van der Waals surface area contributed by atoms with Crippen LogP contribution in [0.15, 0.2) is 36.7 Å². The summed E-state index contributed by atoms with van der Waals surface area (Å²) in [6.07, 6.45) is 2.56. The van der Waals surface area contributed by atoms with Gasteiger partial charge in [0.25, 0.3) is 0 Å². The van der Waals surface area contributed by atoms with Crippen molar-refractivity contribution in [1.82, 2.24) is 4.57 Å². The van der Waals surface area contributed by atoms with E-state index in [4.69, 9.17) is 11.5 Å². The molecule has 0 saturated heterocycles. The summed E-state index contributed by atoms with van der Waals surface area (Å²) in [7, 11) is 1.97. The van der Waals surface area contributed by atoms with E-state index < -0.39 is 6.04 Å². The number of nitrogen functional groups attached to an aromatic ring is 1. The van der Waals surface area contributed by atoms with Gasteiger partial charge in [0.2, 0.25) is 0 Å². The monoisotopic (exact) mass is 231 g/mol. The third-order valence-corrected chi connectivity index (χ3v) is 2.96. The minimum atomic E-state index is -0.443. The van der Waals surface area contributed by atoms with Gasteiger partial charge in [0.05, 0.1) is 6.04 Å². The molecule has 4 nitrogen and oxygen atoms in total. The number of anilines is 1. The van der Waals surface area contributed by atoms with E-state index in [1.54, 1.807) is 0 Å². The average molecular weight is 231 g/mol. The Balaban J connectivity index is 2.47. The molecule has 0 radical (unpaired) electrons. The molecular weight excluding hydrogens is 214 g/mol. The van der Waals surface area contributed by atoms with E-state index in [9.17, 15) is 5.11 Å². The summed E-state index contributed by atoms with van der Waals surface area (Å²) in [6, 6.07) is 5.34. The predicted molar refractivity (Wildman–Crippen MR) is 70.8 cm³/mol. The Kier molecular flexibility index (Phi) is 2.81. The minimum Gasteiger partial charge on any atom is -0.511 e. The number of hydrogen-bond acceptors (Lipinski definition) is 3. The molecule has 1 aromatic heterocycles. The number of aliphatic hydroxyl groups excluding tert-OH is 1. The average Bonchev–Trinajstić information content (AvgIpc) is 2.55. The van der Waals surface area contributed by atoms with Crippen LogP contribution in [0.1, 0.15) is 5.56 Å². The molecule has 0 spiro atoms. The molecule has 2 aromatic rings. The SMILES string of the molecule is C=C(O)C(N)Cc1cn(C)c2ccc(N)cc12. The summed E-state index contributed by atoms with van der Waals surface area (Å²) in [6.45, 7) is 3.45. The maximum Gasteiger partial charge on any atom is 0.102 e. The largest absolute Gasteiger partial charge is 0.511 e. The molecule has 1 unspecified atom stereocenters. The molecule has 0 aliphatic heterocycles. The van der Waals surface area contributed by atoms with Crippen molar-refractivity contribution in [2.24, 2.45) is 12.8 Å². The number of aryl methyl sites for hydroxylation is 1. The van der Waals surface area contributed by atoms with Gasteiger partial charge in [0.15, 0.2) is 0 Å². The molecule has 5 N–H and O–H groups in total. The Bertz CT molecular complexity index is 571. The number of nitrogens with zero attached hydrogens (tertiary/aromatic N) is 1. The van der Waals surface area contributed by atoms with Crippen LogP contribution in [0.3, 0.4) is 0 Å². The van der Waals surface area contributed by atoms with Crippen LogP contribution in [-0.2, 0) is 13.5 Å². The second-order valence-electron chi connectivity index (χ2n) is 4.34. The van der Waals surface area contributed by atoms with Gasteiger partial charge in [-0.15, -0.1) is 0 Å².